The van der Waals surface area contributed by atoms with Crippen molar-refractivity contribution in [2.45, 2.75) is 50.0 Å². The van der Waals surface area contributed by atoms with Crippen molar-refractivity contribution in [3.8, 4) is 0 Å². The second kappa shape index (κ2) is 13.8. The number of carbonyl (C=O) groups is 2. The van der Waals surface area contributed by atoms with Crippen molar-refractivity contribution in [3.63, 3.8) is 0 Å². The van der Waals surface area contributed by atoms with Gasteiger partial charge in [0.05, 0.1) is 22.7 Å². The molecule has 1 aliphatic heterocycles. The van der Waals surface area contributed by atoms with Gasteiger partial charge in [-0.25, -0.2) is 9.78 Å². The molecule has 1 atom stereocenters. The average Bonchev–Trinajstić information content (AvgIpc) is 3.43. The smallest absolute Gasteiger partial charge is 0.351 e. The lowest BCUT2D eigenvalue weighted by molar-refractivity contribution is -0.143. The predicted molar refractivity (Wildman–Crippen MR) is 151 cm³/mol. The van der Waals surface area contributed by atoms with Crippen LogP contribution >= 0.6 is 11.3 Å². The van der Waals surface area contributed by atoms with E-state index in [-0.39, 0.29) is 16.8 Å². The van der Waals surface area contributed by atoms with Crippen molar-refractivity contribution in [2.24, 2.45) is 0 Å². The summed E-state index contributed by atoms with van der Waals surface area (Å²) in [6.07, 6.45) is -7.80. The van der Waals surface area contributed by atoms with Crippen LogP contribution in [0.2, 0.25) is 0 Å². The minimum atomic E-state index is -4.99. The normalized spacial score (nSPS) is 15.6. The minimum absolute atomic E-state index is 0.0470. The quantitative estimate of drug-likeness (QED) is 0.234. The van der Waals surface area contributed by atoms with Gasteiger partial charge in [0, 0.05) is 19.0 Å². The zero-order chi connectivity index (χ0) is 31.2. The van der Waals surface area contributed by atoms with Crippen molar-refractivity contribution in [1.82, 2.24) is 20.5 Å². The van der Waals surface area contributed by atoms with Gasteiger partial charge in [0.25, 0.3) is 0 Å². The lowest BCUT2D eigenvalue weighted by Gasteiger charge is -2.32. The number of halogens is 6. The molecule has 0 bridgehead atoms. The average molecular weight is 628 g/mol. The molecule has 4 rings (SSSR count). The van der Waals surface area contributed by atoms with Crippen molar-refractivity contribution >= 4 is 28.4 Å². The minimum Gasteiger partial charge on any atom is -0.351 e. The Morgan fingerprint density at radius 1 is 1.00 bits per heavy atom. The molecule has 3 aromatic rings. The topological polar surface area (TPSA) is 86.4 Å². The molecular formula is C29H31F6N5O2S. The van der Waals surface area contributed by atoms with E-state index in [4.69, 9.17) is 0 Å². The molecular weight excluding hydrogens is 596 g/mol. The molecule has 14 heteroatoms. The molecule has 1 saturated heterocycles. The van der Waals surface area contributed by atoms with Crippen molar-refractivity contribution < 1.29 is 35.9 Å². The molecule has 3 N–H and O–H groups in total. The Bertz CT molecular complexity index is 1360. The number of nitrogens with zero attached hydrogens (tertiary/aromatic N) is 2. The molecule has 1 unspecified atom stereocenters. The summed E-state index contributed by atoms with van der Waals surface area (Å²) in [5.41, 5.74) is -1.62. The van der Waals surface area contributed by atoms with Crippen LogP contribution in [0.15, 0.2) is 53.9 Å². The van der Waals surface area contributed by atoms with E-state index in [0.717, 1.165) is 37.3 Å². The fourth-order valence-electron chi connectivity index (χ4n) is 5.04. The number of nitrogens with one attached hydrogen (secondary N) is 3. The van der Waals surface area contributed by atoms with Crippen LogP contribution in [0, 0.1) is 0 Å². The molecule has 43 heavy (non-hydrogen) atoms. The third kappa shape index (κ3) is 8.92. The SMILES string of the molecule is CNC(=O)Nc1nc(C(CCN2CCC(c3ccccc3)CC2)C(=O)NCc2cc(C(F)(F)F)cc(C(F)(F)F)c2)cs1. The zero-order valence-corrected chi connectivity index (χ0v) is 24.0. The molecule has 2 heterocycles. The number of thiazole rings is 1. The van der Waals surface area contributed by atoms with E-state index in [9.17, 15) is 35.9 Å². The second-order valence-electron chi connectivity index (χ2n) is 10.3. The standard InChI is InChI=1S/C29H31F6N5O2S/c1-36-26(42)39-27-38-24(17-43-27)23(9-12-40-10-7-20(8-11-40)19-5-3-2-4-6-19)25(41)37-16-18-13-21(28(30,31)32)15-22(14-18)29(33,34)35/h2-6,13-15,17,20,23H,7-12,16H2,1H3,(H,37,41)(H2,36,38,39,42). The Hall–Kier alpha value is -3.65. The van der Waals surface area contributed by atoms with E-state index in [2.05, 4.69) is 38.0 Å². The third-order valence-corrected chi connectivity index (χ3v) is 8.13. The highest BCUT2D eigenvalue weighted by Crippen LogP contribution is 2.36. The van der Waals surface area contributed by atoms with E-state index in [0.29, 0.717) is 36.7 Å². The summed E-state index contributed by atoms with van der Waals surface area (Å²) >= 11 is 1.10. The highest BCUT2D eigenvalue weighted by molar-refractivity contribution is 7.14. The Morgan fingerprint density at radius 3 is 2.21 bits per heavy atom. The van der Waals surface area contributed by atoms with Gasteiger partial charge in [-0.3, -0.25) is 10.1 Å². The van der Waals surface area contributed by atoms with Crippen LogP contribution in [-0.4, -0.2) is 48.5 Å². The number of alkyl halides is 6. The first-order chi connectivity index (χ1) is 20.3. The number of piperidine rings is 1. The summed E-state index contributed by atoms with van der Waals surface area (Å²) in [4.78, 5) is 31.7. The molecule has 1 aromatic heterocycles. The van der Waals surface area contributed by atoms with Gasteiger partial charge in [0.1, 0.15) is 0 Å². The van der Waals surface area contributed by atoms with Crippen LogP contribution < -0.4 is 16.0 Å². The van der Waals surface area contributed by atoms with Crippen molar-refractivity contribution in [2.75, 3.05) is 32.0 Å². The van der Waals surface area contributed by atoms with Crippen LogP contribution in [0.3, 0.4) is 0 Å². The van der Waals surface area contributed by atoms with E-state index < -0.39 is 47.9 Å². The molecule has 3 amide bonds. The van der Waals surface area contributed by atoms with Gasteiger partial charge in [-0.05, 0) is 74.1 Å². The zero-order valence-electron chi connectivity index (χ0n) is 23.2. The molecule has 0 aliphatic carbocycles. The van der Waals surface area contributed by atoms with Crippen LogP contribution in [0.1, 0.15) is 59.0 Å². The highest BCUT2D eigenvalue weighted by Gasteiger charge is 2.37. The number of rotatable bonds is 9. The Kier molecular flexibility index (Phi) is 10.3. The highest BCUT2D eigenvalue weighted by atomic mass is 32.1. The number of aromatic nitrogens is 1. The van der Waals surface area contributed by atoms with Gasteiger partial charge in [0.2, 0.25) is 5.91 Å². The van der Waals surface area contributed by atoms with Crippen molar-refractivity contribution in [1.29, 1.82) is 0 Å². The molecule has 0 saturated carbocycles. The number of carbonyl (C=O) groups excluding carboxylic acids is 2. The third-order valence-electron chi connectivity index (χ3n) is 7.35. The number of hydrogen-bond acceptors (Lipinski definition) is 5. The van der Waals surface area contributed by atoms with Gasteiger partial charge in [-0.1, -0.05) is 30.3 Å². The van der Waals surface area contributed by atoms with Gasteiger partial charge in [0.15, 0.2) is 5.13 Å². The van der Waals surface area contributed by atoms with Gasteiger partial charge in [-0.15, -0.1) is 11.3 Å². The maximum Gasteiger partial charge on any atom is 0.416 e. The summed E-state index contributed by atoms with van der Waals surface area (Å²) < 4.78 is 79.8. The molecule has 1 fully saturated rings. The number of hydrogen-bond donors (Lipinski definition) is 3. The first-order valence-corrected chi connectivity index (χ1v) is 14.5. The Labute approximate surface area is 248 Å². The van der Waals surface area contributed by atoms with Crippen LogP contribution in [-0.2, 0) is 23.7 Å². The molecule has 2 aromatic carbocycles. The van der Waals surface area contributed by atoms with Crippen LogP contribution in [0.4, 0.5) is 36.3 Å². The Balaban J connectivity index is 1.47. The largest absolute Gasteiger partial charge is 0.416 e. The monoisotopic (exact) mass is 627 g/mol. The summed E-state index contributed by atoms with van der Waals surface area (Å²) in [6, 6.07) is 10.9. The molecule has 7 nitrogen and oxygen atoms in total. The second-order valence-corrected chi connectivity index (χ2v) is 11.1. The van der Waals surface area contributed by atoms with E-state index in [1.165, 1.54) is 12.6 Å². The lowest BCUT2D eigenvalue weighted by Crippen LogP contribution is -2.36. The fraction of sp³-hybridized carbons (Fsp3) is 0.414. The number of amides is 3. The fourth-order valence-corrected chi connectivity index (χ4v) is 5.80. The number of likely N-dealkylation sites (tertiary alicyclic amines) is 1. The number of benzene rings is 2. The number of urea groups is 1. The van der Waals surface area contributed by atoms with Gasteiger partial charge >= 0.3 is 18.4 Å². The first-order valence-electron chi connectivity index (χ1n) is 13.6. The maximum atomic E-state index is 13.4. The maximum absolute atomic E-state index is 13.4. The van der Waals surface area contributed by atoms with Crippen LogP contribution in [0.5, 0.6) is 0 Å². The molecule has 1 aliphatic rings. The van der Waals surface area contributed by atoms with Crippen LogP contribution in [0.25, 0.3) is 0 Å². The molecule has 0 spiro atoms. The van der Waals surface area contributed by atoms with E-state index in [1.54, 1.807) is 5.38 Å². The van der Waals surface area contributed by atoms with Crippen molar-refractivity contribution in [3.05, 3.63) is 81.9 Å². The summed E-state index contributed by atoms with van der Waals surface area (Å²) in [6.45, 7) is 1.59. The lowest BCUT2D eigenvalue weighted by atomic mass is 9.89. The van der Waals surface area contributed by atoms with E-state index >= 15 is 0 Å². The predicted octanol–water partition coefficient (Wildman–Crippen LogP) is 6.60. The summed E-state index contributed by atoms with van der Waals surface area (Å²) in [5, 5.41) is 9.27. The van der Waals surface area contributed by atoms with Gasteiger partial charge < -0.3 is 15.5 Å². The van der Waals surface area contributed by atoms with Gasteiger partial charge in [-0.2, -0.15) is 26.3 Å². The van der Waals surface area contributed by atoms with E-state index in [1.807, 2.05) is 18.2 Å². The number of anilines is 1. The summed E-state index contributed by atoms with van der Waals surface area (Å²) in [7, 11) is 1.43. The molecule has 232 valence electrons. The molecule has 0 radical (unpaired) electrons. The summed E-state index contributed by atoms with van der Waals surface area (Å²) in [5.74, 6) is -1.01. The Morgan fingerprint density at radius 2 is 1.63 bits per heavy atom. The first kappa shape index (κ1) is 32.3.